The van der Waals surface area contributed by atoms with Crippen LogP contribution in [0.15, 0.2) is 72.8 Å². The number of hydrogen-bond acceptors (Lipinski definition) is 7. The van der Waals surface area contributed by atoms with Gasteiger partial charge in [0.2, 0.25) is 5.75 Å². The molecule has 0 bridgehead atoms. The quantitative estimate of drug-likeness (QED) is 0.121. The summed E-state index contributed by atoms with van der Waals surface area (Å²) < 4.78 is 98.4. The third-order valence-corrected chi connectivity index (χ3v) is 6.15. The fourth-order valence-electron chi connectivity index (χ4n) is 4.28. The lowest BCUT2D eigenvalue weighted by molar-refractivity contribution is -0.138. The molecule has 0 atom stereocenters. The number of hydrogen-bond donors (Lipinski definition) is 4. The molecule has 0 spiro atoms. The number of aromatic carboxylic acids is 4. The second-order valence-electron chi connectivity index (χ2n) is 9.14. The lowest BCUT2D eigenvalue weighted by atomic mass is 9.99. The van der Waals surface area contributed by atoms with Crippen LogP contribution in [0.3, 0.4) is 0 Å². The van der Waals surface area contributed by atoms with E-state index in [4.69, 9.17) is 14.2 Å². The average Bonchev–Trinajstić information content (AvgIpc) is 2.97. The standard InChI is InChI=1S/C30H16F6O11/c31-29(32,33)14-9-11-16(22(27(41)42)20(14)25(37)38)46-19-8-4-7-18(45-13-5-2-1-3-6-13)24(19)47-17-12-10-15(30(34,35)36)21(26(39)40)23(17)28(43)44/h1-12H,(H,37,38)(H,39,40)(H,41,42)(H,43,44). The molecule has 0 heterocycles. The number of ether oxygens (including phenoxy) is 3. The van der Waals surface area contributed by atoms with Gasteiger partial charge in [-0.3, -0.25) is 0 Å². The number of benzene rings is 4. The van der Waals surface area contributed by atoms with Gasteiger partial charge in [0.25, 0.3) is 0 Å². The first-order valence-electron chi connectivity index (χ1n) is 12.5. The van der Waals surface area contributed by atoms with Gasteiger partial charge in [0.05, 0.1) is 22.3 Å². The van der Waals surface area contributed by atoms with E-state index in [2.05, 4.69) is 0 Å². The molecule has 11 nitrogen and oxygen atoms in total. The Balaban J connectivity index is 1.99. The molecule has 17 heteroatoms. The molecule has 0 aliphatic carbocycles. The Morgan fingerprint density at radius 2 is 0.851 bits per heavy atom. The SMILES string of the molecule is O=C(O)c1c(Oc2cccc(Oc3ccccc3)c2Oc2ccc(C(F)(F)F)c(C(=O)O)c2C(=O)O)ccc(C(F)(F)F)c1C(=O)O. The minimum absolute atomic E-state index is 0.0838. The van der Waals surface area contributed by atoms with E-state index in [-0.39, 0.29) is 17.9 Å². The molecule has 0 fully saturated rings. The Labute approximate surface area is 257 Å². The Hall–Kier alpha value is -6.26. The van der Waals surface area contributed by atoms with Gasteiger partial charge >= 0.3 is 36.2 Å². The van der Waals surface area contributed by atoms with Gasteiger partial charge in [0.1, 0.15) is 28.4 Å². The highest BCUT2D eigenvalue weighted by atomic mass is 19.4. The van der Waals surface area contributed by atoms with Gasteiger partial charge in [-0.05, 0) is 48.5 Å². The zero-order valence-corrected chi connectivity index (χ0v) is 22.8. The van der Waals surface area contributed by atoms with E-state index >= 15 is 0 Å². The highest BCUT2D eigenvalue weighted by Crippen LogP contribution is 2.47. The predicted molar refractivity (Wildman–Crippen MR) is 144 cm³/mol. The van der Waals surface area contributed by atoms with E-state index in [1.807, 2.05) is 0 Å². The Morgan fingerprint density at radius 1 is 0.447 bits per heavy atom. The third-order valence-electron chi connectivity index (χ3n) is 6.15. The van der Waals surface area contributed by atoms with Crippen molar-refractivity contribution in [1.82, 2.24) is 0 Å². The van der Waals surface area contributed by atoms with E-state index in [0.29, 0.717) is 12.1 Å². The number of halogens is 6. The van der Waals surface area contributed by atoms with E-state index in [1.54, 1.807) is 6.07 Å². The molecule has 0 amide bonds. The van der Waals surface area contributed by atoms with E-state index in [1.165, 1.54) is 30.3 Å². The molecular weight excluding hydrogens is 650 g/mol. The highest BCUT2D eigenvalue weighted by molar-refractivity contribution is 6.06. The molecule has 0 unspecified atom stereocenters. The molecule has 244 valence electrons. The topological polar surface area (TPSA) is 177 Å². The Kier molecular flexibility index (Phi) is 9.03. The van der Waals surface area contributed by atoms with Crippen LogP contribution < -0.4 is 14.2 Å². The number of para-hydroxylation sites is 2. The first kappa shape index (κ1) is 33.6. The summed E-state index contributed by atoms with van der Waals surface area (Å²) in [5.41, 5.74) is -9.98. The molecule has 0 saturated heterocycles. The molecule has 0 aromatic heterocycles. The maximum atomic E-state index is 13.6. The molecular formula is C30H16F6O11. The molecule has 4 rings (SSSR count). The largest absolute Gasteiger partial charge is 0.478 e. The normalized spacial score (nSPS) is 11.4. The number of rotatable bonds is 10. The molecule has 4 N–H and O–H groups in total. The van der Waals surface area contributed by atoms with Crippen molar-refractivity contribution >= 4 is 23.9 Å². The van der Waals surface area contributed by atoms with Crippen LogP contribution in [0.2, 0.25) is 0 Å². The fraction of sp³-hybridized carbons (Fsp3) is 0.0667. The van der Waals surface area contributed by atoms with E-state index < -0.39 is 98.4 Å². The Morgan fingerprint density at radius 3 is 1.26 bits per heavy atom. The van der Waals surface area contributed by atoms with Crippen LogP contribution in [0.5, 0.6) is 34.5 Å². The molecule has 0 aliphatic rings. The van der Waals surface area contributed by atoms with Crippen molar-refractivity contribution in [2.45, 2.75) is 12.4 Å². The van der Waals surface area contributed by atoms with E-state index in [9.17, 15) is 65.9 Å². The lowest BCUT2D eigenvalue weighted by Gasteiger charge is -2.20. The van der Waals surface area contributed by atoms with E-state index in [0.717, 1.165) is 12.1 Å². The summed E-state index contributed by atoms with van der Waals surface area (Å²) in [6.07, 6.45) is -10.6. The molecule has 0 radical (unpaired) electrons. The molecule has 4 aromatic carbocycles. The number of carboxylic acids is 4. The smallest absolute Gasteiger partial charge is 0.417 e. The van der Waals surface area contributed by atoms with Crippen molar-refractivity contribution in [2.24, 2.45) is 0 Å². The van der Waals surface area contributed by atoms with Crippen molar-refractivity contribution < 1.29 is 80.2 Å². The molecule has 4 aromatic rings. The maximum absolute atomic E-state index is 13.6. The summed E-state index contributed by atoms with van der Waals surface area (Å²) in [5.74, 6) is -12.6. The second kappa shape index (κ2) is 12.6. The van der Waals surface area contributed by atoms with Crippen LogP contribution in [0.25, 0.3) is 0 Å². The van der Waals surface area contributed by atoms with Crippen LogP contribution in [0.4, 0.5) is 26.3 Å². The summed E-state index contributed by atoms with van der Waals surface area (Å²) >= 11 is 0. The predicted octanol–water partition coefficient (Wildman–Crippen LogP) is 7.89. The first-order chi connectivity index (χ1) is 21.9. The Bertz CT molecular complexity index is 1900. The summed E-state index contributed by atoms with van der Waals surface area (Å²) in [7, 11) is 0. The van der Waals surface area contributed by atoms with Crippen LogP contribution in [0.1, 0.15) is 52.6 Å². The third kappa shape index (κ3) is 7.03. The second-order valence-corrected chi connectivity index (χ2v) is 9.14. The van der Waals surface area contributed by atoms with Crippen molar-refractivity contribution in [1.29, 1.82) is 0 Å². The fourth-order valence-corrected chi connectivity index (χ4v) is 4.28. The van der Waals surface area contributed by atoms with Gasteiger partial charge in [0.15, 0.2) is 11.5 Å². The average molecular weight is 666 g/mol. The molecule has 0 saturated carbocycles. The monoisotopic (exact) mass is 666 g/mol. The zero-order chi connectivity index (χ0) is 34.8. The summed E-state index contributed by atoms with van der Waals surface area (Å²) in [5, 5.41) is 38.5. The highest BCUT2D eigenvalue weighted by Gasteiger charge is 2.41. The first-order valence-corrected chi connectivity index (χ1v) is 12.5. The molecule has 0 aliphatic heterocycles. The summed E-state index contributed by atoms with van der Waals surface area (Å²) in [6.45, 7) is 0. The minimum Gasteiger partial charge on any atom is -0.478 e. The number of carboxylic acid groups (broad SMARTS) is 4. The van der Waals surface area contributed by atoms with Gasteiger partial charge in [-0.2, -0.15) is 26.3 Å². The maximum Gasteiger partial charge on any atom is 0.417 e. The molecule has 47 heavy (non-hydrogen) atoms. The van der Waals surface area contributed by atoms with Crippen molar-refractivity contribution in [3.8, 4) is 34.5 Å². The lowest BCUT2D eigenvalue weighted by Crippen LogP contribution is -2.19. The minimum atomic E-state index is -5.32. The number of alkyl halides is 6. The van der Waals surface area contributed by atoms with Gasteiger partial charge in [-0.15, -0.1) is 0 Å². The zero-order valence-electron chi connectivity index (χ0n) is 22.8. The van der Waals surface area contributed by atoms with Crippen LogP contribution in [0, 0.1) is 0 Å². The van der Waals surface area contributed by atoms with Crippen LogP contribution in [-0.4, -0.2) is 44.3 Å². The van der Waals surface area contributed by atoms with Crippen molar-refractivity contribution in [3.63, 3.8) is 0 Å². The van der Waals surface area contributed by atoms with Crippen LogP contribution >= 0.6 is 0 Å². The van der Waals surface area contributed by atoms with Gasteiger partial charge in [-0.25, -0.2) is 19.2 Å². The van der Waals surface area contributed by atoms with Crippen molar-refractivity contribution in [3.05, 3.63) is 106 Å². The van der Waals surface area contributed by atoms with Gasteiger partial charge < -0.3 is 34.6 Å². The van der Waals surface area contributed by atoms with Crippen molar-refractivity contribution in [2.75, 3.05) is 0 Å². The summed E-state index contributed by atoms with van der Waals surface area (Å²) in [6, 6.07) is 12.2. The van der Waals surface area contributed by atoms with Gasteiger partial charge in [-0.1, -0.05) is 24.3 Å². The van der Waals surface area contributed by atoms with Gasteiger partial charge in [0, 0.05) is 0 Å². The summed E-state index contributed by atoms with van der Waals surface area (Å²) in [4.78, 5) is 47.8. The van der Waals surface area contributed by atoms with Crippen LogP contribution in [-0.2, 0) is 12.4 Å². The number of carbonyl (C=O) groups is 4.